The van der Waals surface area contributed by atoms with Crippen molar-refractivity contribution in [3.63, 3.8) is 0 Å². The second-order valence-corrected chi connectivity index (χ2v) is 4.93. The second kappa shape index (κ2) is 2.98. The van der Waals surface area contributed by atoms with E-state index in [0.29, 0.717) is 0 Å². The molecule has 2 heteroatoms. The molecule has 3 atom stereocenters. The first-order valence-corrected chi connectivity index (χ1v) is 5.84. The van der Waals surface area contributed by atoms with Gasteiger partial charge in [-0.05, 0) is 45.0 Å². The molecule has 0 spiro atoms. The van der Waals surface area contributed by atoms with Gasteiger partial charge in [0.2, 0.25) is 0 Å². The standard InChI is InChI=1S/C9H17NS/c1-10-6-5-7-8(10)3-4-9(7)11-2/h7-9H,3-6H2,1-2H3. The molecule has 0 aromatic carbocycles. The summed E-state index contributed by atoms with van der Waals surface area (Å²) < 4.78 is 0. The lowest BCUT2D eigenvalue weighted by atomic mass is 10.0. The van der Waals surface area contributed by atoms with Crippen LogP contribution < -0.4 is 0 Å². The average molecular weight is 171 g/mol. The smallest absolute Gasteiger partial charge is 0.0132 e. The summed E-state index contributed by atoms with van der Waals surface area (Å²) >= 11 is 2.08. The van der Waals surface area contributed by atoms with E-state index < -0.39 is 0 Å². The Bertz CT molecular complexity index is 148. The van der Waals surface area contributed by atoms with E-state index in [1.165, 1.54) is 25.8 Å². The highest BCUT2D eigenvalue weighted by Gasteiger charge is 2.41. The summed E-state index contributed by atoms with van der Waals surface area (Å²) in [6.45, 7) is 1.34. The Balaban J connectivity index is 2.04. The van der Waals surface area contributed by atoms with Crippen molar-refractivity contribution >= 4 is 11.8 Å². The van der Waals surface area contributed by atoms with Gasteiger partial charge < -0.3 is 4.90 Å². The zero-order chi connectivity index (χ0) is 7.84. The van der Waals surface area contributed by atoms with Crippen LogP contribution in [-0.4, -0.2) is 36.0 Å². The molecule has 1 heterocycles. The van der Waals surface area contributed by atoms with Crippen molar-refractivity contribution in [2.75, 3.05) is 19.8 Å². The van der Waals surface area contributed by atoms with Gasteiger partial charge in [-0.1, -0.05) is 0 Å². The molecule has 1 aliphatic carbocycles. The molecule has 0 aromatic heterocycles. The van der Waals surface area contributed by atoms with Crippen LogP contribution in [-0.2, 0) is 0 Å². The van der Waals surface area contributed by atoms with Crippen molar-refractivity contribution in [1.29, 1.82) is 0 Å². The van der Waals surface area contributed by atoms with E-state index in [1.54, 1.807) is 0 Å². The fraction of sp³-hybridized carbons (Fsp3) is 1.00. The van der Waals surface area contributed by atoms with Crippen LogP contribution in [0.5, 0.6) is 0 Å². The molecule has 3 unspecified atom stereocenters. The van der Waals surface area contributed by atoms with E-state index in [4.69, 9.17) is 0 Å². The third-order valence-corrected chi connectivity index (χ3v) is 4.59. The lowest BCUT2D eigenvalue weighted by molar-refractivity contribution is 0.295. The lowest BCUT2D eigenvalue weighted by Gasteiger charge is -2.18. The van der Waals surface area contributed by atoms with Gasteiger partial charge in [-0.25, -0.2) is 0 Å². The molecule has 11 heavy (non-hydrogen) atoms. The van der Waals surface area contributed by atoms with Crippen molar-refractivity contribution in [2.24, 2.45) is 5.92 Å². The summed E-state index contributed by atoms with van der Waals surface area (Å²) in [5.74, 6) is 1.02. The van der Waals surface area contributed by atoms with E-state index in [9.17, 15) is 0 Å². The number of thioether (sulfide) groups is 1. The maximum atomic E-state index is 2.56. The number of likely N-dealkylation sites (tertiary alicyclic amines) is 1. The molecule has 1 saturated heterocycles. The first-order valence-electron chi connectivity index (χ1n) is 4.56. The summed E-state index contributed by atoms with van der Waals surface area (Å²) in [5.41, 5.74) is 0. The number of nitrogens with zero attached hydrogens (tertiary/aromatic N) is 1. The quantitative estimate of drug-likeness (QED) is 0.592. The first-order chi connectivity index (χ1) is 5.33. The van der Waals surface area contributed by atoms with Crippen LogP contribution in [0.4, 0.5) is 0 Å². The van der Waals surface area contributed by atoms with Gasteiger partial charge in [-0.15, -0.1) is 0 Å². The molecular weight excluding hydrogens is 154 g/mol. The van der Waals surface area contributed by atoms with E-state index >= 15 is 0 Å². The zero-order valence-corrected chi connectivity index (χ0v) is 8.23. The van der Waals surface area contributed by atoms with Gasteiger partial charge in [0.25, 0.3) is 0 Å². The number of hydrogen-bond acceptors (Lipinski definition) is 2. The molecule has 64 valence electrons. The van der Waals surface area contributed by atoms with Crippen molar-refractivity contribution in [2.45, 2.75) is 30.6 Å². The number of rotatable bonds is 1. The largest absolute Gasteiger partial charge is 0.303 e. The van der Waals surface area contributed by atoms with Crippen LogP contribution in [0.25, 0.3) is 0 Å². The van der Waals surface area contributed by atoms with Crippen LogP contribution in [0.15, 0.2) is 0 Å². The fourth-order valence-corrected chi connectivity index (χ4v) is 3.79. The van der Waals surface area contributed by atoms with Crippen LogP contribution in [0.2, 0.25) is 0 Å². The lowest BCUT2D eigenvalue weighted by Crippen LogP contribution is -2.26. The maximum Gasteiger partial charge on any atom is 0.0132 e. The first kappa shape index (κ1) is 7.93. The van der Waals surface area contributed by atoms with Crippen LogP contribution >= 0.6 is 11.8 Å². The summed E-state index contributed by atoms with van der Waals surface area (Å²) in [5, 5.41) is 0.977. The Morgan fingerprint density at radius 3 is 2.82 bits per heavy atom. The predicted octanol–water partition coefficient (Wildman–Crippen LogP) is 1.83. The van der Waals surface area contributed by atoms with Crippen molar-refractivity contribution in [1.82, 2.24) is 4.90 Å². The monoisotopic (exact) mass is 171 g/mol. The number of fused-ring (bicyclic) bond motifs is 1. The summed E-state index contributed by atoms with van der Waals surface area (Å²) in [6.07, 6.45) is 6.63. The van der Waals surface area contributed by atoms with E-state index in [-0.39, 0.29) is 0 Å². The van der Waals surface area contributed by atoms with Gasteiger partial charge in [-0.3, -0.25) is 0 Å². The second-order valence-electron chi connectivity index (χ2n) is 3.85. The molecule has 0 N–H and O–H groups in total. The molecule has 0 aromatic rings. The van der Waals surface area contributed by atoms with Crippen LogP contribution in [0.1, 0.15) is 19.3 Å². The molecule has 0 radical (unpaired) electrons. The Morgan fingerprint density at radius 1 is 1.27 bits per heavy atom. The minimum absolute atomic E-state index is 0.937. The molecule has 1 saturated carbocycles. The van der Waals surface area contributed by atoms with E-state index in [0.717, 1.165) is 17.2 Å². The molecule has 2 fully saturated rings. The summed E-state index contributed by atoms with van der Waals surface area (Å²) in [6, 6.07) is 0.937. The molecular formula is C9H17NS. The minimum atomic E-state index is 0.937. The van der Waals surface area contributed by atoms with Crippen molar-refractivity contribution in [3.8, 4) is 0 Å². The van der Waals surface area contributed by atoms with Gasteiger partial charge in [-0.2, -0.15) is 11.8 Å². The summed E-state index contributed by atoms with van der Waals surface area (Å²) in [4.78, 5) is 2.56. The maximum absolute atomic E-state index is 2.56. The van der Waals surface area contributed by atoms with Crippen LogP contribution in [0.3, 0.4) is 0 Å². The molecule has 0 bridgehead atoms. The van der Waals surface area contributed by atoms with Gasteiger partial charge in [0.15, 0.2) is 0 Å². The van der Waals surface area contributed by atoms with Gasteiger partial charge >= 0.3 is 0 Å². The predicted molar refractivity (Wildman–Crippen MR) is 51.1 cm³/mol. The fourth-order valence-electron chi connectivity index (χ4n) is 2.75. The molecule has 2 aliphatic rings. The minimum Gasteiger partial charge on any atom is -0.303 e. The van der Waals surface area contributed by atoms with Crippen molar-refractivity contribution in [3.05, 3.63) is 0 Å². The third kappa shape index (κ3) is 1.20. The Morgan fingerprint density at radius 2 is 2.09 bits per heavy atom. The SMILES string of the molecule is CSC1CCC2C1CCN2C. The Kier molecular flexibility index (Phi) is 2.15. The van der Waals surface area contributed by atoms with Crippen LogP contribution in [0, 0.1) is 5.92 Å². The Labute approximate surface area is 73.5 Å². The highest BCUT2D eigenvalue weighted by atomic mass is 32.2. The molecule has 0 amide bonds. The number of hydrogen-bond donors (Lipinski definition) is 0. The zero-order valence-electron chi connectivity index (χ0n) is 7.42. The molecule has 1 aliphatic heterocycles. The Hall–Kier alpha value is 0.310. The van der Waals surface area contributed by atoms with Crippen molar-refractivity contribution < 1.29 is 0 Å². The van der Waals surface area contributed by atoms with Gasteiger partial charge in [0, 0.05) is 11.3 Å². The average Bonchev–Trinajstić information content (AvgIpc) is 2.53. The van der Waals surface area contributed by atoms with E-state index in [2.05, 4.69) is 30.0 Å². The molecule has 2 rings (SSSR count). The highest BCUT2D eigenvalue weighted by Crippen LogP contribution is 2.42. The third-order valence-electron chi connectivity index (χ3n) is 3.40. The summed E-state index contributed by atoms with van der Waals surface area (Å²) in [7, 11) is 2.29. The normalized spacial score (nSPS) is 44.7. The molecule has 1 nitrogen and oxygen atoms in total. The highest BCUT2D eigenvalue weighted by molar-refractivity contribution is 7.99. The topological polar surface area (TPSA) is 3.24 Å². The van der Waals surface area contributed by atoms with Gasteiger partial charge in [0.05, 0.1) is 0 Å². The van der Waals surface area contributed by atoms with Gasteiger partial charge in [0.1, 0.15) is 0 Å². The van der Waals surface area contributed by atoms with E-state index in [1.807, 2.05) is 0 Å².